The molecule has 8 heteroatoms. The lowest BCUT2D eigenvalue weighted by atomic mass is 10.0. The quantitative estimate of drug-likeness (QED) is 0.700. The second-order valence-corrected chi connectivity index (χ2v) is 8.50. The summed E-state index contributed by atoms with van der Waals surface area (Å²) in [4.78, 5) is 20.6. The predicted molar refractivity (Wildman–Crippen MR) is 122 cm³/mol. The minimum absolute atomic E-state index is 0.0767. The van der Waals surface area contributed by atoms with Crippen molar-refractivity contribution in [2.45, 2.75) is 72.4 Å². The fourth-order valence-corrected chi connectivity index (χ4v) is 4.93. The molecule has 0 saturated carbocycles. The zero-order valence-corrected chi connectivity index (χ0v) is 19.7. The second-order valence-electron chi connectivity index (χ2n) is 8.50. The topological polar surface area (TPSA) is 63.5 Å². The average molecular weight is 444 g/mol. The van der Waals surface area contributed by atoms with E-state index in [1.54, 1.807) is 19.9 Å². The third-order valence-corrected chi connectivity index (χ3v) is 6.60. The van der Waals surface area contributed by atoms with Crippen LogP contribution in [0.15, 0.2) is 6.07 Å². The molecular formula is C24H34FN5O2. The summed E-state index contributed by atoms with van der Waals surface area (Å²) in [5, 5.41) is 5.08. The molecule has 0 radical (unpaired) electrons. The Labute approximate surface area is 189 Å². The highest BCUT2D eigenvalue weighted by Gasteiger charge is 2.33. The lowest BCUT2D eigenvalue weighted by molar-refractivity contribution is -0.129. The van der Waals surface area contributed by atoms with Gasteiger partial charge >= 0.3 is 0 Å². The van der Waals surface area contributed by atoms with Gasteiger partial charge in [0.2, 0.25) is 5.91 Å². The molecule has 174 valence electrons. The van der Waals surface area contributed by atoms with Gasteiger partial charge in [-0.2, -0.15) is 5.10 Å². The lowest BCUT2D eigenvalue weighted by Crippen LogP contribution is -2.36. The number of ether oxygens (including phenoxy) is 1. The zero-order chi connectivity index (χ0) is 22.8. The Morgan fingerprint density at radius 3 is 2.66 bits per heavy atom. The first-order valence-electron chi connectivity index (χ1n) is 11.9. The van der Waals surface area contributed by atoms with Crippen molar-refractivity contribution in [1.82, 2.24) is 19.7 Å². The SMILES string of the molecule is CC.CC(=O)N1CCc2c(c(N3CCCc4nc(C)c(F)cc43)nn2C2CCOCC2)C1. The zero-order valence-electron chi connectivity index (χ0n) is 19.7. The Morgan fingerprint density at radius 2 is 1.94 bits per heavy atom. The van der Waals surface area contributed by atoms with Crippen LogP contribution in [-0.4, -0.2) is 51.9 Å². The van der Waals surface area contributed by atoms with Gasteiger partial charge in [-0.05, 0) is 32.6 Å². The molecule has 5 heterocycles. The number of rotatable bonds is 2. The third-order valence-electron chi connectivity index (χ3n) is 6.60. The maximum Gasteiger partial charge on any atom is 0.219 e. The number of hydrogen-bond acceptors (Lipinski definition) is 5. The molecule has 0 atom stereocenters. The molecule has 0 aromatic carbocycles. The minimum Gasteiger partial charge on any atom is -0.381 e. The number of hydrogen-bond donors (Lipinski definition) is 0. The standard InChI is InChI=1S/C22H28FN5O2.C2H6/c1-14-18(23)12-21-19(24-14)4-3-8-27(21)22-17-13-26(15(2)29)9-5-20(17)28(25-22)16-6-10-30-11-7-16;1-2/h12,16H,3-11,13H2,1-2H3;1-2H3. The predicted octanol–water partition coefficient (Wildman–Crippen LogP) is 4.09. The molecule has 2 aromatic heterocycles. The highest BCUT2D eigenvalue weighted by molar-refractivity contribution is 5.75. The summed E-state index contributed by atoms with van der Waals surface area (Å²) >= 11 is 0. The first kappa shape index (κ1) is 22.7. The molecule has 0 N–H and O–H groups in total. The molecular weight excluding hydrogens is 409 g/mol. The van der Waals surface area contributed by atoms with Crippen LogP contribution in [0.25, 0.3) is 0 Å². The number of carbonyl (C=O) groups excluding carboxylic acids is 1. The summed E-state index contributed by atoms with van der Waals surface area (Å²) in [5.41, 5.74) is 4.48. The molecule has 32 heavy (non-hydrogen) atoms. The van der Waals surface area contributed by atoms with Crippen molar-refractivity contribution in [3.63, 3.8) is 0 Å². The molecule has 0 unspecified atom stereocenters. The molecule has 7 nitrogen and oxygen atoms in total. The summed E-state index contributed by atoms with van der Waals surface area (Å²) in [6.45, 7) is 10.9. The van der Waals surface area contributed by atoms with Crippen LogP contribution in [-0.2, 0) is 28.9 Å². The van der Waals surface area contributed by atoms with E-state index in [4.69, 9.17) is 9.84 Å². The first-order chi connectivity index (χ1) is 15.5. The summed E-state index contributed by atoms with van der Waals surface area (Å²) in [5.74, 6) is 0.644. The van der Waals surface area contributed by atoms with Crippen LogP contribution in [0.1, 0.15) is 68.7 Å². The molecule has 0 aliphatic carbocycles. The van der Waals surface area contributed by atoms with Crippen molar-refractivity contribution in [3.05, 3.63) is 34.5 Å². The molecule has 2 aromatic rings. The number of amides is 1. The van der Waals surface area contributed by atoms with Gasteiger partial charge in [0.1, 0.15) is 5.82 Å². The van der Waals surface area contributed by atoms with E-state index < -0.39 is 0 Å². The van der Waals surface area contributed by atoms with E-state index >= 15 is 0 Å². The van der Waals surface area contributed by atoms with Crippen molar-refractivity contribution >= 4 is 17.4 Å². The third kappa shape index (κ3) is 4.12. The van der Waals surface area contributed by atoms with E-state index in [2.05, 4.69) is 14.6 Å². The number of nitrogens with zero attached hydrogens (tertiary/aromatic N) is 5. The van der Waals surface area contributed by atoms with Gasteiger partial charge in [-0.1, -0.05) is 13.8 Å². The van der Waals surface area contributed by atoms with E-state index in [9.17, 15) is 9.18 Å². The number of fused-ring (bicyclic) bond motifs is 2. The molecule has 0 spiro atoms. The number of aryl methyl sites for hydroxylation is 2. The maximum atomic E-state index is 14.4. The van der Waals surface area contributed by atoms with Gasteiger partial charge < -0.3 is 14.5 Å². The molecule has 3 aliphatic rings. The summed E-state index contributed by atoms with van der Waals surface area (Å²) in [6.07, 6.45) is 4.46. The van der Waals surface area contributed by atoms with Gasteiger partial charge in [0.05, 0.1) is 29.7 Å². The fourth-order valence-electron chi connectivity index (χ4n) is 4.93. The summed E-state index contributed by atoms with van der Waals surface area (Å²) in [7, 11) is 0. The van der Waals surface area contributed by atoms with Gasteiger partial charge in [-0.15, -0.1) is 0 Å². The van der Waals surface area contributed by atoms with Crippen LogP contribution in [0.2, 0.25) is 0 Å². The smallest absolute Gasteiger partial charge is 0.219 e. The van der Waals surface area contributed by atoms with Gasteiger partial charge in [0.15, 0.2) is 5.82 Å². The van der Waals surface area contributed by atoms with Crippen LogP contribution in [0.3, 0.4) is 0 Å². The Morgan fingerprint density at radius 1 is 1.19 bits per heavy atom. The average Bonchev–Trinajstić information content (AvgIpc) is 3.20. The van der Waals surface area contributed by atoms with Crippen LogP contribution < -0.4 is 4.90 Å². The molecule has 5 rings (SSSR count). The number of halogens is 1. The molecule has 1 amide bonds. The fraction of sp³-hybridized carbons (Fsp3) is 0.625. The van der Waals surface area contributed by atoms with E-state index in [-0.39, 0.29) is 11.7 Å². The Balaban J connectivity index is 0.00000119. The molecule has 3 aliphatic heterocycles. The van der Waals surface area contributed by atoms with Gasteiger partial charge in [-0.3, -0.25) is 14.5 Å². The molecule has 0 bridgehead atoms. The number of anilines is 2. The van der Waals surface area contributed by atoms with Gasteiger partial charge in [-0.25, -0.2) is 4.39 Å². The first-order valence-corrected chi connectivity index (χ1v) is 11.9. The summed E-state index contributed by atoms with van der Waals surface area (Å²) < 4.78 is 22.1. The van der Waals surface area contributed by atoms with Crippen LogP contribution in [0.4, 0.5) is 15.9 Å². The Kier molecular flexibility index (Phi) is 6.79. The minimum atomic E-state index is -0.288. The van der Waals surface area contributed by atoms with E-state index in [0.717, 1.165) is 74.6 Å². The van der Waals surface area contributed by atoms with Crippen molar-refractivity contribution in [2.75, 3.05) is 31.2 Å². The highest BCUT2D eigenvalue weighted by atomic mass is 19.1. The monoisotopic (exact) mass is 443 g/mol. The van der Waals surface area contributed by atoms with Crippen molar-refractivity contribution in [2.24, 2.45) is 0 Å². The normalized spacial score (nSPS) is 18.5. The number of aromatic nitrogens is 3. The maximum absolute atomic E-state index is 14.4. The van der Waals surface area contributed by atoms with Crippen molar-refractivity contribution in [3.8, 4) is 0 Å². The summed E-state index contributed by atoms with van der Waals surface area (Å²) in [6, 6.07) is 1.91. The molecule has 1 saturated heterocycles. The van der Waals surface area contributed by atoms with Crippen molar-refractivity contribution < 1.29 is 13.9 Å². The van der Waals surface area contributed by atoms with Crippen LogP contribution in [0.5, 0.6) is 0 Å². The van der Waals surface area contributed by atoms with Gasteiger partial charge in [0.25, 0.3) is 0 Å². The number of carbonyl (C=O) groups is 1. The highest BCUT2D eigenvalue weighted by Crippen LogP contribution is 2.39. The molecule has 1 fully saturated rings. The van der Waals surface area contributed by atoms with E-state index in [1.165, 1.54) is 5.69 Å². The van der Waals surface area contributed by atoms with Crippen LogP contribution in [0, 0.1) is 12.7 Å². The number of pyridine rings is 1. The second kappa shape index (κ2) is 9.57. The van der Waals surface area contributed by atoms with E-state index in [0.29, 0.717) is 24.8 Å². The Hall–Kier alpha value is -2.48. The Bertz CT molecular complexity index is 983. The largest absolute Gasteiger partial charge is 0.381 e. The lowest BCUT2D eigenvalue weighted by Gasteiger charge is -2.32. The van der Waals surface area contributed by atoms with Crippen molar-refractivity contribution in [1.29, 1.82) is 0 Å². The van der Waals surface area contributed by atoms with Gasteiger partial charge in [0, 0.05) is 57.0 Å². The van der Waals surface area contributed by atoms with Crippen LogP contribution >= 0.6 is 0 Å². The van der Waals surface area contributed by atoms with E-state index in [1.807, 2.05) is 18.7 Å².